The van der Waals surface area contributed by atoms with Gasteiger partial charge < -0.3 is 14.1 Å². The molecule has 0 saturated carbocycles. The van der Waals surface area contributed by atoms with Crippen molar-refractivity contribution in [3.63, 3.8) is 0 Å². The molecule has 4 rings (SSSR count). The SMILES string of the molecule is COc1ccc(C)cc1N=Cc1ccc(Sc2nc3ccccc3[nH]2)o1. The predicted octanol–water partition coefficient (Wildman–Crippen LogP) is 5.37. The summed E-state index contributed by atoms with van der Waals surface area (Å²) in [6, 6.07) is 17.6. The fraction of sp³-hybridized carbons (Fsp3) is 0.100. The molecule has 0 spiro atoms. The second-order valence-corrected chi connectivity index (χ2v) is 6.74. The first kappa shape index (κ1) is 16.5. The molecule has 2 heterocycles. The summed E-state index contributed by atoms with van der Waals surface area (Å²) in [4.78, 5) is 12.3. The number of fused-ring (bicyclic) bond motifs is 1. The van der Waals surface area contributed by atoms with Crippen LogP contribution in [-0.4, -0.2) is 23.3 Å². The van der Waals surface area contributed by atoms with E-state index in [9.17, 15) is 0 Å². The Bertz CT molecular complexity index is 1050. The number of nitrogens with one attached hydrogen (secondary N) is 1. The van der Waals surface area contributed by atoms with Crippen molar-refractivity contribution in [3.05, 3.63) is 65.9 Å². The van der Waals surface area contributed by atoms with Crippen LogP contribution in [0.5, 0.6) is 5.75 Å². The maximum atomic E-state index is 5.82. The number of benzene rings is 2. The lowest BCUT2D eigenvalue weighted by molar-refractivity contribution is 0.416. The molecule has 130 valence electrons. The minimum atomic E-state index is 0.673. The van der Waals surface area contributed by atoms with E-state index in [0.29, 0.717) is 5.76 Å². The first-order valence-electron chi connectivity index (χ1n) is 8.12. The van der Waals surface area contributed by atoms with Gasteiger partial charge in [0.2, 0.25) is 0 Å². The minimum Gasteiger partial charge on any atom is -0.494 e. The number of methoxy groups -OCH3 is 1. The normalized spacial score (nSPS) is 11.5. The third-order valence-electron chi connectivity index (χ3n) is 3.83. The number of aryl methyl sites for hydroxylation is 1. The topological polar surface area (TPSA) is 63.4 Å². The molecule has 0 aliphatic rings. The Kier molecular flexibility index (Phi) is 4.50. The van der Waals surface area contributed by atoms with Crippen molar-refractivity contribution >= 4 is 34.7 Å². The van der Waals surface area contributed by atoms with E-state index in [2.05, 4.69) is 15.0 Å². The Morgan fingerprint density at radius 2 is 2.04 bits per heavy atom. The van der Waals surface area contributed by atoms with Gasteiger partial charge in [-0.2, -0.15) is 0 Å². The van der Waals surface area contributed by atoms with Gasteiger partial charge in [-0.3, -0.25) is 0 Å². The van der Waals surface area contributed by atoms with E-state index in [1.165, 1.54) is 11.8 Å². The van der Waals surface area contributed by atoms with E-state index in [4.69, 9.17) is 9.15 Å². The number of ether oxygens (including phenoxy) is 1. The van der Waals surface area contributed by atoms with Crippen LogP contribution in [0.1, 0.15) is 11.3 Å². The zero-order chi connectivity index (χ0) is 17.9. The van der Waals surface area contributed by atoms with Crippen LogP contribution in [-0.2, 0) is 0 Å². The van der Waals surface area contributed by atoms with Crippen LogP contribution >= 0.6 is 11.8 Å². The van der Waals surface area contributed by atoms with E-state index < -0.39 is 0 Å². The van der Waals surface area contributed by atoms with Gasteiger partial charge in [0.15, 0.2) is 10.2 Å². The molecular weight excluding hydrogens is 346 g/mol. The summed E-state index contributed by atoms with van der Waals surface area (Å²) in [5.74, 6) is 1.41. The molecule has 0 atom stereocenters. The number of para-hydroxylation sites is 2. The summed E-state index contributed by atoms with van der Waals surface area (Å²) < 4.78 is 11.2. The number of imidazole rings is 1. The molecule has 5 nitrogen and oxygen atoms in total. The van der Waals surface area contributed by atoms with Crippen LogP contribution in [0.4, 0.5) is 5.69 Å². The highest BCUT2D eigenvalue weighted by Gasteiger charge is 2.08. The number of aromatic amines is 1. The number of furan rings is 1. The van der Waals surface area contributed by atoms with Crippen LogP contribution in [0.3, 0.4) is 0 Å². The van der Waals surface area contributed by atoms with E-state index in [0.717, 1.165) is 38.3 Å². The second kappa shape index (κ2) is 7.09. The lowest BCUT2D eigenvalue weighted by atomic mass is 10.2. The van der Waals surface area contributed by atoms with Crippen molar-refractivity contribution in [2.45, 2.75) is 17.2 Å². The molecule has 0 aliphatic carbocycles. The summed E-state index contributed by atoms with van der Waals surface area (Å²) in [5, 5.41) is 1.55. The molecule has 26 heavy (non-hydrogen) atoms. The summed E-state index contributed by atoms with van der Waals surface area (Å²) in [7, 11) is 1.64. The number of aliphatic imine (C=N–C) groups is 1. The average Bonchev–Trinajstić information content (AvgIpc) is 3.26. The Hall–Kier alpha value is -2.99. The molecule has 0 saturated heterocycles. The fourth-order valence-electron chi connectivity index (χ4n) is 2.57. The molecule has 0 fully saturated rings. The summed E-state index contributed by atoms with van der Waals surface area (Å²) >= 11 is 1.45. The van der Waals surface area contributed by atoms with Crippen molar-refractivity contribution in [3.8, 4) is 5.75 Å². The van der Waals surface area contributed by atoms with Gasteiger partial charge >= 0.3 is 0 Å². The zero-order valence-electron chi connectivity index (χ0n) is 14.4. The average molecular weight is 363 g/mol. The highest BCUT2D eigenvalue weighted by Crippen LogP contribution is 2.30. The highest BCUT2D eigenvalue weighted by atomic mass is 32.2. The molecule has 0 bridgehead atoms. The molecule has 2 aromatic carbocycles. The summed E-state index contributed by atoms with van der Waals surface area (Å²) in [6.07, 6.45) is 1.69. The number of hydrogen-bond donors (Lipinski definition) is 1. The molecular formula is C20H17N3O2S. The van der Waals surface area contributed by atoms with E-state index in [1.807, 2.05) is 61.5 Å². The van der Waals surface area contributed by atoms with Crippen LogP contribution in [0.15, 0.2) is 74.3 Å². The Balaban J connectivity index is 1.52. The second-order valence-electron chi connectivity index (χ2n) is 5.75. The third-order valence-corrected chi connectivity index (χ3v) is 4.64. The number of rotatable bonds is 5. The number of aromatic nitrogens is 2. The molecule has 0 amide bonds. The monoisotopic (exact) mass is 363 g/mol. The van der Waals surface area contributed by atoms with Crippen molar-refractivity contribution in [1.82, 2.24) is 9.97 Å². The van der Waals surface area contributed by atoms with Crippen LogP contribution < -0.4 is 4.74 Å². The van der Waals surface area contributed by atoms with Gasteiger partial charge in [0, 0.05) is 0 Å². The Morgan fingerprint density at radius 3 is 2.88 bits per heavy atom. The minimum absolute atomic E-state index is 0.673. The molecule has 2 aromatic heterocycles. The van der Waals surface area contributed by atoms with E-state index in [-0.39, 0.29) is 0 Å². The Morgan fingerprint density at radius 1 is 1.15 bits per heavy atom. The summed E-state index contributed by atoms with van der Waals surface area (Å²) in [5.41, 5.74) is 3.85. The van der Waals surface area contributed by atoms with Crippen LogP contribution in [0.25, 0.3) is 11.0 Å². The maximum absolute atomic E-state index is 5.82. The van der Waals surface area contributed by atoms with Gasteiger partial charge in [0.05, 0.1) is 24.4 Å². The van der Waals surface area contributed by atoms with Gasteiger partial charge in [-0.1, -0.05) is 18.2 Å². The van der Waals surface area contributed by atoms with Crippen molar-refractivity contribution in [1.29, 1.82) is 0 Å². The van der Waals surface area contributed by atoms with E-state index >= 15 is 0 Å². The molecule has 0 unspecified atom stereocenters. The molecule has 4 aromatic rings. The van der Waals surface area contributed by atoms with Gasteiger partial charge in [0.25, 0.3) is 0 Å². The summed E-state index contributed by atoms with van der Waals surface area (Å²) in [6.45, 7) is 2.02. The smallest absolute Gasteiger partial charge is 0.174 e. The van der Waals surface area contributed by atoms with Crippen molar-refractivity contribution < 1.29 is 9.15 Å². The number of hydrogen-bond acceptors (Lipinski definition) is 5. The van der Waals surface area contributed by atoms with Crippen LogP contribution in [0.2, 0.25) is 0 Å². The van der Waals surface area contributed by atoms with Gasteiger partial charge in [-0.05, 0) is 60.6 Å². The number of nitrogens with zero attached hydrogens (tertiary/aromatic N) is 2. The van der Waals surface area contributed by atoms with Gasteiger partial charge in [-0.25, -0.2) is 9.98 Å². The standard InChI is InChI=1S/C20H17N3O2S/c1-13-7-9-18(24-2)17(11-13)21-12-14-8-10-19(25-14)26-20-22-15-5-3-4-6-16(15)23-20/h3-12H,1-2H3,(H,22,23). The third kappa shape index (κ3) is 3.50. The molecule has 0 aliphatic heterocycles. The van der Waals surface area contributed by atoms with Gasteiger partial charge in [0.1, 0.15) is 17.2 Å². The van der Waals surface area contributed by atoms with Gasteiger partial charge in [-0.15, -0.1) is 0 Å². The van der Waals surface area contributed by atoms with E-state index in [1.54, 1.807) is 13.3 Å². The Labute approximate surface area is 155 Å². The lowest BCUT2D eigenvalue weighted by Crippen LogP contribution is -1.84. The zero-order valence-corrected chi connectivity index (χ0v) is 15.2. The van der Waals surface area contributed by atoms with Crippen molar-refractivity contribution in [2.75, 3.05) is 7.11 Å². The fourth-order valence-corrected chi connectivity index (χ4v) is 3.34. The quantitative estimate of drug-likeness (QED) is 0.484. The highest BCUT2D eigenvalue weighted by molar-refractivity contribution is 7.99. The largest absolute Gasteiger partial charge is 0.494 e. The molecule has 6 heteroatoms. The van der Waals surface area contributed by atoms with Crippen LogP contribution in [0, 0.1) is 6.92 Å². The number of H-pyrrole nitrogens is 1. The molecule has 0 radical (unpaired) electrons. The lowest BCUT2D eigenvalue weighted by Gasteiger charge is -2.04. The first-order valence-corrected chi connectivity index (χ1v) is 8.94. The predicted molar refractivity (Wildman–Crippen MR) is 104 cm³/mol. The van der Waals surface area contributed by atoms with Crippen molar-refractivity contribution in [2.24, 2.45) is 4.99 Å². The maximum Gasteiger partial charge on any atom is 0.174 e. The molecule has 1 N–H and O–H groups in total. The first-order chi connectivity index (χ1) is 12.7.